The van der Waals surface area contributed by atoms with Crippen molar-refractivity contribution in [1.29, 1.82) is 0 Å². The fourth-order valence-electron chi connectivity index (χ4n) is 4.05. The van der Waals surface area contributed by atoms with Gasteiger partial charge in [0.25, 0.3) is 0 Å². The molecule has 0 radical (unpaired) electrons. The van der Waals surface area contributed by atoms with Gasteiger partial charge in [-0.1, -0.05) is 31.5 Å². The lowest BCUT2D eigenvalue weighted by Crippen LogP contribution is -2.39. The molecule has 1 aromatic carbocycles. The second kappa shape index (κ2) is 6.04. The molecule has 2 aliphatic rings. The lowest BCUT2D eigenvalue weighted by atomic mass is 9.96. The molecule has 3 heterocycles. The summed E-state index contributed by atoms with van der Waals surface area (Å²) in [5.41, 5.74) is 5.58. The number of hydrogen-bond donors (Lipinski definition) is 0. The Balaban J connectivity index is 1.86. The largest absolute Gasteiger partial charge is 0.466 e. The third-order valence-electron chi connectivity index (χ3n) is 5.21. The molecular formula is C20H25NO2. The first-order chi connectivity index (χ1) is 11.3. The maximum Gasteiger partial charge on any atom is 0.109 e. The van der Waals surface area contributed by atoms with Crippen molar-refractivity contribution >= 4 is 5.69 Å². The van der Waals surface area contributed by atoms with Crippen molar-refractivity contribution in [2.45, 2.75) is 45.6 Å². The molecule has 2 aromatic rings. The minimum atomic E-state index is 0.298. The fourth-order valence-corrected chi connectivity index (χ4v) is 4.05. The number of unbranched alkanes of at least 4 members (excludes halogenated alkanes) is 1. The van der Waals surface area contributed by atoms with Crippen molar-refractivity contribution in [3.63, 3.8) is 0 Å². The Kier molecular flexibility index (Phi) is 3.90. The van der Waals surface area contributed by atoms with E-state index in [1.54, 1.807) is 0 Å². The SMILES string of the molecule is CCCCc1oc(C)c2c1C1COCCN1c1ccccc1C2. The highest BCUT2D eigenvalue weighted by molar-refractivity contribution is 5.61. The zero-order valence-electron chi connectivity index (χ0n) is 14.1. The zero-order valence-corrected chi connectivity index (χ0v) is 14.1. The molecule has 1 aromatic heterocycles. The van der Waals surface area contributed by atoms with Crippen LogP contribution < -0.4 is 4.90 Å². The molecule has 0 bridgehead atoms. The first-order valence-electron chi connectivity index (χ1n) is 8.83. The molecule has 1 saturated heterocycles. The van der Waals surface area contributed by atoms with E-state index in [1.165, 1.54) is 41.0 Å². The van der Waals surface area contributed by atoms with Gasteiger partial charge in [-0.2, -0.15) is 0 Å². The Morgan fingerprint density at radius 2 is 2.13 bits per heavy atom. The molecule has 122 valence electrons. The van der Waals surface area contributed by atoms with Crippen LogP contribution >= 0.6 is 0 Å². The van der Waals surface area contributed by atoms with E-state index in [0.29, 0.717) is 6.04 Å². The van der Waals surface area contributed by atoms with Crippen LogP contribution in [0.15, 0.2) is 28.7 Å². The van der Waals surface area contributed by atoms with E-state index < -0.39 is 0 Å². The van der Waals surface area contributed by atoms with Gasteiger partial charge in [0.05, 0.1) is 19.3 Å². The summed E-state index contributed by atoms with van der Waals surface area (Å²) < 4.78 is 12.1. The number of nitrogens with zero attached hydrogens (tertiary/aromatic N) is 1. The van der Waals surface area contributed by atoms with Crippen LogP contribution in [-0.4, -0.2) is 19.8 Å². The van der Waals surface area contributed by atoms with Crippen molar-refractivity contribution in [2.24, 2.45) is 0 Å². The van der Waals surface area contributed by atoms with Crippen LogP contribution in [0.2, 0.25) is 0 Å². The number of para-hydroxylation sites is 1. The molecule has 3 heteroatoms. The van der Waals surface area contributed by atoms with E-state index in [4.69, 9.17) is 9.15 Å². The smallest absolute Gasteiger partial charge is 0.109 e. The van der Waals surface area contributed by atoms with Gasteiger partial charge in [0, 0.05) is 36.2 Å². The number of fused-ring (bicyclic) bond motifs is 5. The molecule has 0 spiro atoms. The van der Waals surface area contributed by atoms with Crippen LogP contribution in [0.1, 0.15) is 54.0 Å². The molecule has 4 rings (SSSR count). The van der Waals surface area contributed by atoms with Crippen LogP contribution in [0.4, 0.5) is 5.69 Å². The third kappa shape index (κ3) is 2.47. The molecule has 3 nitrogen and oxygen atoms in total. The second-order valence-electron chi connectivity index (χ2n) is 6.67. The minimum Gasteiger partial charge on any atom is -0.466 e. The van der Waals surface area contributed by atoms with Crippen molar-refractivity contribution < 1.29 is 9.15 Å². The van der Waals surface area contributed by atoms with Gasteiger partial charge in [-0.15, -0.1) is 0 Å². The Labute approximate surface area is 138 Å². The van der Waals surface area contributed by atoms with Crippen LogP contribution in [0.3, 0.4) is 0 Å². The highest BCUT2D eigenvalue weighted by Gasteiger charge is 2.35. The quantitative estimate of drug-likeness (QED) is 0.839. The molecule has 1 atom stereocenters. The Hall–Kier alpha value is -1.74. The maximum atomic E-state index is 6.21. The summed E-state index contributed by atoms with van der Waals surface area (Å²) in [5.74, 6) is 2.28. The Morgan fingerprint density at radius 3 is 3.00 bits per heavy atom. The first-order valence-corrected chi connectivity index (χ1v) is 8.83. The van der Waals surface area contributed by atoms with Gasteiger partial charge in [-0.3, -0.25) is 0 Å². The van der Waals surface area contributed by atoms with Gasteiger partial charge in [-0.05, 0) is 25.0 Å². The standard InChI is InChI=1S/C20H25NO2/c1-3-4-9-19-20-16(14(2)23-19)12-15-7-5-6-8-17(15)21-10-11-22-13-18(20)21/h5-8,18H,3-4,9-13H2,1-2H3. The van der Waals surface area contributed by atoms with E-state index in [-0.39, 0.29) is 0 Å². The molecular weight excluding hydrogens is 286 g/mol. The zero-order chi connectivity index (χ0) is 15.8. The van der Waals surface area contributed by atoms with Gasteiger partial charge in [0.1, 0.15) is 11.5 Å². The molecule has 23 heavy (non-hydrogen) atoms. The van der Waals surface area contributed by atoms with E-state index >= 15 is 0 Å². The maximum absolute atomic E-state index is 6.21. The summed E-state index contributed by atoms with van der Waals surface area (Å²) >= 11 is 0. The monoisotopic (exact) mass is 311 g/mol. The molecule has 0 N–H and O–H groups in total. The van der Waals surface area contributed by atoms with Crippen molar-refractivity contribution in [3.8, 4) is 0 Å². The number of anilines is 1. The second-order valence-corrected chi connectivity index (χ2v) is 6.67. The summed E-state index contributed by atoms with van der Waals surface area (Å²) in [6.07, 6.45) is 4.38. The van der Waals surface area contributed by atoms with E-state index in [2.05, 4.69) is 43.0 Å². The van der Waals surface area contributed by atoms with Crippen LogP contribution in [-0.2, 0) is 17.6 Å². The van der Waals surface area contributed by atoms with Crippen molar-refractivity contribution in [1.82, 2.24) is 0 Å². The van der Waals surface area contributed by atoms with E-state index in [9.17, 15) is 0 Å². The van der Waals surface area contributed by atoms with Crippen molar-refractivity contribution in [3.05, 3.63) is 52.5 Å². The first kappa shape index (κ1) is 14.8. The minimum absolute atomic E-state index is 0.298. The number of ether oxygens (including phenoxy) is 1. The van der Waals surface area contributed by atoms with Crippen molar-refractivity contribution in [2.75, 3.05) is 24.7 Å². The van der Waals surface area contributed by atoms with Crippen LogP contribution in [0.25, 0.3) is 0 Å². The summed E-state index contributed by atoms with van der Waals surface area (Å²) in [6, 6.07) is 9.11. The van der Waals surface area contributed by atoms with E-state index in [1.807, 2.05) is 0 Å². The number of morpholine rings is 1. The average molecular weight is 311 g/mol. The normalized spacial score (nSPS) is 19.7. The molecule has 2 aliphatic heterocycles. The number of aryl methyl sites for hydroxylation is 2. The molecule has 1 unspecified atom stereocenters. The van der Waals surface area contributed by atoms with E-state index in [0.717, 1.165) is 38.4 Å². The number of furan rings is 1. The lowest BCUT2D eigenvalue weighted by molar-refractivity contribution is 0.0937. The fraction of sp³-hybridized carbons (Fsp3) is 0.500. The topological polar surface area (TPSA) is 25.6 Å². The van der Waals surface area contributed by atoms with Gasteiger partial charge in [0.15, 0.2) is 0 Å². The summed E-state index contributed by atoms with van der Waals surface area (Å²) in [6.45, 7) is 6.88. The highest BCUT2D eigenvalue weighted by atomic mass is 16.5. The molecule has 0 aliphatic carbocycles. The summed E-state index contributed by atoms with van der Waals surface area (Å²) in [7, 11) is 0. The Morgan fingerprint density at radius 1 is 1.26 bits per heavy atom. The summed E-state index contributed by atoms with van der Waals surface area (Å²) in [4.78, 5) is 2.54. The molecule has 0 saturated carbocycles. The third-order valence-corrected chi connectivity index (χ3v) is 5.21. The van der Waals surface area contributed by atoms with Crippen LogP contribution in [0, 0.1) is 6.92 Å². The number of benzene rings is 1. The molecule has 0 amide bonds. The Bertz CT molecular complexity index is 704. The van der Waals surface area contributed by atoms with Gasteiger partial charge in [0.2, 0.25) is 0 Å². The number of rotatable bonds is 3. The highest BCUT2D eigenvalue weighted by Crippen LogP contribution is 2.42. The van der Waals surface area contributed by atoms with Gasteiger partial charge in [-0.25, -0.2) is 0 Å². The number of hydrogen-bond acceptors (Lipinski definition) is 3. The predicted molar refractivity (Wildman–Crippen MR) is 92.2 cm³/mol. The summed E-state index contributed by atoms with van der Waals surface area (Å²) in [5, 5.41) is 0. The average Bonchev–Trinajstić information content (AvgIpc) is 2.80. The van der Waals surface area contributed by atoms with Gasteiger partial charge < -0.3 is 14.1 Å². The molecule has 1 fully saturated rings. The van der Waals surface area contributed by atoms with Gasteiger partial charge >= 0.3 is 0 Å². The van der Waals surface area contributed by atoms with Crippen LogP contribution in [0.5, 0.6) is 0 Å². The lowest BCUT2D eigenvalue weighted by Gasteiger charge is -2.37. The predicted octanol–water partition coefficient (Wildman–Crippen LogP) is 4.41.